The van der Waals surface area contributed by atoms with Crippen LogP contribution in [0.4, 0.5) is 0 Å². The number of aromatic nitrogens is 2. The van der Waals surface area contributed by atoms with E-state index >= 15 is 0 Å². The molecule has 1 heterocycles. The summed E-state index contributed by atoms with van der Waals surface area (Å²) in [5.74, 6) is 0.768. The van der Waals surface area contributed by atoms with Crippen LogP contribution in [0, 0.1) is 5.92 Å². The second-order valence-electron chi connectivity index (χ2n) is 4.31. The molecule has 1 atom stereocenters. The molecule has 3 nitrogen and oxygen atoms in total. The summed E-state index contributed by atoms with van der Waals surface area (Å²) in [5.41, 5.74) is 1.20. The summed E-state index contributed by atoms with van der Waals surface area (Å²) in [7, 11) is 0. The Kier molecular flexibility index (Phi) is 4.66. The van der Waals surface area contributed by atoms with Gasteiger partial charge in [-0.25, -0.2) is 4.98 Å². The van der Waals surface area contributed by atoms with Gasteiger partial charge in [-0.3, -0.25) is 0 Å². The quantitative estimate of drug-likeness (QED) is 0.728. The molecule has 2 N–H and O–H groups in total. The predicted molar refractivity (Wildman–Crippen MR) is 59.2 cm³/mol. The van der Waals surface area contributed by atoms with Crippen molar-refractivity contribution >= 4 is 0 Å². The van der Waals surface area contributed by atoms with Gasteiger partial charge in [0.05, 0.1) is 6.33 Å². The topological polar surface area (TPSA) is 40.7 Å². The zero-order valence-corrected chi connectivity index (χ0v) is 9.38. The Morgan fingerprint density at radius 1 is 1.43 bits per heavy atom. The molecule has 0 bridgehead atoms. The number of nitrogens with one attached hydrogen (secondary N) is 2. The number of hydrogen-bond acceptors (Lipinski definition) is 2. The minimum atomic E-state index is 0.609. The third kappa shape index (κ3) is 4.42. The van der Waals surface area contributed by atoms with Crippen LogP contribution in [0.2, 0.25) is 0 Å². The van der Waals surface area contributed by atoms with Crippen LogP contribution in [-0.2, 0) is 6.42 Å². The van der Waals surface area contributed by atoms with E-state index in [1.807, 2.05) is 6.20 Å². The molecule has 1 rings (SSSR count). The van der Waals surface area contributed by atoms with Crippen molar-refractivity contribution in [2.45, 2.75) is 39.7 Å². The first-order valence-corrected chi connectivity index (χ1v) is 5.39. The van der Waals surface area contributed by atoms with Crippen LogP contribution >= 0.6 is 0 Å². The lowest BCUT2D eigenvalue weighted by Gasteiger charge is -2.15. The summed E-state index contributed by atoms with van der Waals surface area (Å²) < 4.78 is 0. The molecule has 14 heavy (non-hydrogen) atoms. The fraction of sp³-hybridized carbons (Fsp3) is 0.727. The van der Waals surface area contributed by atoms with Crippen LogP contribution in [0.3, 0.4) is 0 Å². The normalized spacial score (nSPS) is 13.4. The molecule has 0 aliphatic carbocycles. The van der Waals surface area contributed by atoms with Crippen molar-refractivity contribution in [3.63, 3.8) is 0 Å². The molecule has 0 saturated carbocycles. The van der Waals surface area contributed by atoms with Crippen LogP contribution in [0.1, 0.15) is 32.9 Å². The highest BCUT2D eigenvalue weighted by Gasteiger charge is 2.03. The van der Waals surface area contributed by atoms with E-state index in [4.69, 9.17) is 0 Å². The zero-order chi connectivity index (χ0) is 10.4. The summed E-state index contributed by atoms with van der Waals surface area (Å²) in [5, 5.41) is 3.50. The molecule has 0 fully saturated rings. The standard InChI is InChI=1S/C11H21N3/c1-9(2)6-10(3)13-5-4-11-7-12-8-14-11/h7-10,13H,4-6H2,1-3H3,(H,12,14). The smallest absolute Gasteiger partial charge is 0.0921 e. The molecule has 3 heteroatoms. The van der Waals surface area contributed by atoms with Crippen LogP contribution in [0.5, 0.6) is 0 Å². The summed E-state index contributed by atoms with van der Waals surface area (Å²) in [4.78, 5) is 7.09. The molecule has 1 unspecified atom stereocenters. The Balaban J connectivity index is 2.09. The lowest BCUT2D eigenvalue weighted by molar-refractivity contribution is 0.444. The number of nitrogens with zero attached hydrogens (tertiary/aromatic N) is 1. The molecule has 0 amide bonds. The van der Waals surface area contributed by atoms with Gasteiger partial charge in [0.25, 0.3) is 0 Å². The lowest BCUT2D eigenvalue weighted by Crippen LogP contribution is -2.29. The molecule has 1 aromatic heterocycles. The highest BCUT2D eigenvalue weighted by Crippen LogP contribution is 2.03. The van der Waals surface area contributed by atoms with Gasteiger partial charge in [-0.2, -0.15) is 0 Å². The van der Waals surface area contributed by atoms with Gasteiger partial charge in [-0.15, -0.1) is 0 Å². The van der Waals surface area contributed by atoms with Crippen molar-refractivity contribution in [3.05, 3.63) is 18.2 Å². The van der Waals surface area contributed by atoms with Gasteiger partial charge < -0.3 is 10.3 Å². The van der Waals surface area contributed by atoms with E-state index in [1.165, 1.54) is 12.1 Å². The highest BCUT2D eigenvalue weighted by molar-refractivity contribution is 4.94. The molecule has 0 spiro atoms. The van der Waals surface area contributed by atoms with Gasteiger partial charge in [0.15, 0.2) is 0 Å². The first kappa shape index (κ1) is 11.2. The maximum atomic E-state index is 3.98. The van der Waals surface area contributed by atoms with Crippen LogP contribution in [-0.4, -0.2) is 22.6 Å². The van der Waals surface area contributed by atoms with E-state index < -0.39 is 0 Å². The van der Waals surface area contributed by atoms with E-state index in [-0.39, 0.29) is 0 Å². The Labute approximate surface area is 86.3 Å². The summed E-state index contributed by atoms with van der Waals surface area (Å²) in [6.07, 6.45) is 5.88. The van der Waals surface area contributed by atoms with Crippen LogP contribution < -0.4 is 5.32 Å². The molecule has 0 aliphatic rings. The van der Waals surface area contributed by atoms with Crippen molar-refractivity contribution in [3.8, 4) is 0 Å². The Morgan fingerprint density at radius 2 is 2.21 bits per heavy atom. The summed E-state index contributed by atoms with van der Waals surface area (Å²) in [6.45, 7) is 7.78. The first-order chi connectivity index (χ1) is 6.68. The number of aromatic amines is 1. The van der Waals surface area contributed by atoms with E-state index in [2.05, 4.69) is 36.1 Å². The van der Waals surface area contributed by atoms with Crippen molar-refractivity contribution in [1.29, 1.82) is 0 Å². The predicted octanol–water partition coefficient (Wildman–Crippen LogP) is 1.98. The number of H-pyrrole nitrogens is 1. The van der Waals surface area contributed by atoms with Crippen molar-refractivity contribution in [2.75, 3.05) is 6.54 Å². The SMILES string of the molecule is CC(C)CC(C)NCCc1cnc[nH]1. The second kappa shape index (κ2) is 5.81. The zero-order valence-electron chi connectivity index (χ0n) is 9.38. The van der Waals surface area contributed by atoms with Crippen molar-refractivity contribution in [2.24, 2.45) is 5.92 Å². The average molecular weight is 195 g/mol. The Hall–Kier alpha value is -0.830. The molecule has 0 aromatic carbocycles. The molecule has 0 saturated heterocycles. The van der Waals surface area contributed by atoms with Gasteiger partial charge in [0, 0.05) is 30.9 Å². The van der Waals surface area contributed by atoms with E-state index in [9.17, 15) is 0 Å². The third-order valence-corrected chi connectivity index (χ3v) is 2.27. The molecular formula is C11H21N3. The number of rotatable bonds is 6. The maximum Gasteiger partial charge on any atom is 0.0921 e. The average Bonchev–Trinajstić information content (AvgIpc) is 2.55. The molecule has 1 aromatic rings. The number of hydrogen-bond donors (Lipinski definition) is 2. The molecular weight excluding hydrogens is 174 g/mol. The van der Waals surface area contributed by atoms with Gasteiger partial charge in [0.1, 0.15) is 0 Å². The van der Waals surface area contributed by atoms with Crippen LogP contribution in [0.15, 0.2) is 12.5 Å². The van der Waals surface area contributed by atoms with Crippen molar-refractivity contribution < 1.29 is 0 Å². The monoisotopic (exact) mass is 195 g/mol. The van der Waals surface area contributed by atoms with Gasteiger partial charge >= 0.3 is 0 Å². The lowest BCUT2D eigenvalue weighted by atomic mass is 10.1. The maximum absolute atomic E-state index is 3.98. The minimum Gasteiger partial charge on any atom is -0.348 e. The largest absolute Gasteiger partial charge is 0.348 e. The fourth-order valence-electron chi connectivity index (χ4n) is 1.67. The van der Waals surface area contributed by atoms with E-state index in [0.717, 1.165) is 18.9 Å². The third-order valence-electron chi connectivity index (χ3n) is 2.27. The Bertz CT molecular complexity index is 229. The molecule has 80 valence electrons. The molecule has 0 aliphatic heterocycles. The summed E-state index contributed by atoms with van der Waals surface area (Å²) in [6, 6.07) is 0.609. The second-order valence-corrected chi connectivity index (χ2v) is 4.31. The summed E-state index contributed by atoms with van der Waals surface area (Å²) >= 11 is 0. The fourth-order valence-corrected chi connectivity index (χ4v) is 1.67. The van der Waals surface area contributed by atoms with E-state index in [1.54, 1.807) is 6.33 Å². The first-order valence-electron chi connectivity index (χ1n) is 5.39. The highest BCUT2D eigenvalue weighted by atomic mass is 14.9. The van der Waals surface area contributed by atoms with Crippen LogP contribution in [0.25, 0.3) is 0 Å². The van der Waals surface area contributed by atoms with Crippen molar-refractivity contribution in [1.82, 2.24) is 15.3 Å². The minimum absolute atomic E-state index is 0.609. The van der Waals surface area contributed by atoms with Gasteiger partial charge in [-0.05, 0) is 19.3 Å². The van der Waals surface area contributed by atoms with Gasteiger partial charge in [0.2, 0.25) is 0 Å². The van der Waals surface area contributed by atoms with Gasteiger partial charge in [-0.1, -0.05) is 13.8 Å². The molecule has 0 radical (unpaired) electrons. The van der Waals surface area contributed by atoms with E-state index in [0.29, 0.717) is 6.04 Å². The number of imidazole rings is 1. The Morgan fingerprint density at radius 3 is 2.79 bits per heavy atom.